The minimum Gasteiger partial charge on any atom is -0.454 e. The van der Waals surface area contributed by atoms with E-state index in [-0.39, 0.29) is 24.0 Å². The van der Waals surface area contributed by atoms with Crippen LogP contribution in [-0.4, -0.2) is 37.4 Å². The highest BCUT2D eigenvalue weighted by atomic mass is 127. The van der Waals surface area contributed by atoms with E-state index in [0.29, 0.717) is 25.6 Å². The van der Waals surface area contributed by atoms with Gasteiger partial charge in [-0.3, -0.25) is 4.99 Å². The molecule has 2 heterocycles. The number of ether oxygens (including phenoxy) is 2. The van der Waals surface area contributed by atoms with Gasteiger partial charge in [-0.25, -0.2) is 4.98 Å². The lowest BCUT2D eigenvalue weighted by Gasteiger charge is -2.11. The molecule has 0 bridgehead atoms. The molecule has 8 heteroatoms. The van der Waals surface area contributed by atoms with E-state index in [1.807, 2.05) is 24.3 Å². The molecule has 1 aliphatic rings. The summed E-state index contributed by atoms with van der Waals surface area (Å²) in [6.07, 6.45) is 3.29. The first kappa shape index (κ1) is 23.9. The fourth-order valence-electron chi connectivity index (χ4n) is 3.30. The Labute approximate surface area is 205 Å². The number of hydrogen-bond donors (Lipinski definition) is 2. The third kappa shape index (κ3) is 6.38. The number of guanidine groups is 1. The zero-order chi connectivity index (χ0) is 21.5. The van der Waals surface area contributed by atoms with Crippen molar-refractivity contribution < 1.29 is 13.9 Å². The summed E-state index contributed by atoms with van der Waals surface area (Å²) in [5.74, 6) is 3.07. The highest BCUT2D eigenvalue weighted by molar-refractivity contribution is 14.0. The molecular formula is C24H29IN4O3. The molecular weight excluding hydrogens is 519 g/mol. The van der Waals surface area contributed by atoms with Crippen LogP contribution in [0.5, 0.6) is 11.5 Å². The molecule has 0 atom stereocenters. The van der Waals surface area contributed by atoms with E-state index in [9.17, 15) is 0 Å². The van der Waals surface area contributed by atoms with Gasteiger partial charge in [-0.1, -0.05) is 23.8 Å². The summed E-state index contributed by atoms with van der Waals surface area (Å²) in [5, 5.41) is 6.67. The molecule has 0 unspecified atom stereocenters. The molecule has 1 aromatic heterocycles. The van der Waals surface area contributed by atoms with E-state index in [4.69, 9.17) is 13.9 Å². The number of benzene rings is 2. The van der Waals surface area contributed by atoms with E-state index in [0.717, 1.165) is 48.2 Å². The Morgan fingerprint density at radius 3 is 2.66 bits per heavy atom. The lowest BCUT2D eigenvalue weighted by Crippen LogP contribution is -2.38. The minimum absolute atomic E-state index is 0. The van der Waals surface area contributed by atoms with Crippen LogP contribution in [-0.2, 0) is 12.8 Å². The summed E-state index contributed by atoms with van der Waals surface area (Å²) in [6, 6.07) is 14.2. The fraction of sp³-hybridized carbons (Fsp3) is 0.333. The average Bonchev–Trinajstić information content (AvgIpc) is 3.43. The molecule has 3 aromatic rings. The molecule has 2 aromatic carbocycles. The molecule has 0 spiro atoms. The molecule has 0 radical (unpaired) electrons. The standard InChI is InChI=1S/C24H28N4O3.HI/c1-3-25-24(26-12-10-18-6-9-21-22(14-18)31-16-30-21)27-13-11-20-15-29-23(28-20)19-7-4-17(2)5-8-19;/h4-9,14-15H,3,10-13,16H2,1-2H3,(H2,25,26,27);1H. The Morgan fingerprint density at radius 2 is 1.84 bits per heavy atom. The lowest BCUT2D eigenvalue weighted by molar-refractivity contribution is 0.174. The van der Waals surface area contributed by atoms with Gasteiger partial charge in [0.15, 0.2) is 17.5 Å². The summed E-state index contributed by atoms with van der Waals surface area (Å²) in [5.41, 5.74) is 4.29. The molecule has 0 saturated carbocycles. The SMILES string of the molecule is CCNC(=NCCc1coc(-c2ccc(C)cc2)n1)NCCc1ccc2c(c1)OCO2.I. The summed E-state index contributed by atoms with van der Waals surface area (Å²) < 4.78 is 16.4. The van der Waals surface area contributed by atoms with Crippen molar-refractivity contribution in [2.75, 3.05) is 26.4 Å². The monoisotopic (exact) mass is 548 g/mol. The highest BCUT2D eigenvalue weighted by Crippen LogP contribution is 2.32. The minimum atomic E-state index is 0. The summed E-state index contributed by atoms with van der Waals surface area (Å²) in [7, 11) is 0. The van der Waals surface area contributed by atoms with Crippen LogP contribution in [0.4, 0.5) is 0 Å². The number of rotatable bonds is 8. The number of fused-ring (bicyclic) bond motifs is 1. The lowest BCUT2D eigenvalue weighted by atomic mass is 10.1. The number of nitrogens with one attached hydrogen (secondary N) is 2. The second kappa shape index (κ2) is 11.8. The maximum absolute atomic E-state index is 5.63. The van der Waals surface area contributed by atoms with Crippen LogP contribution in [0.2, 0.25) is 0 Å². The first-order valence-corrected chi connectivity index (χ1v) is 10.6. The molecule has 0 saturated heterocycles. The number of nitrogens with zero attached hydrogens (tertiary/aromatic N) is 2. The third-order valence-electron chi connectivity index (χ3n) is 4.98. The van der Waals surface area contributed by atoms with Crippen LogP contribution in [0.1, 0.15) is 23.7 Å². The van der Waals surface area contributed by atoms with Gasteiger partial charge in [0.1, 0.15) is 6.26 Å². The number of aromatic nitrogens is 1. The maximum atomic E-state index is 5.63. The van der Waals surface area contributed by atoms with Gasteiger partial charge in [0.05, 0.1) is 5.69 Å². The van der Waals surface area contributed by atoms with E-state index in [2.05, 4.69) is 52.7 Å². The molecule has 2 N–H and O–H groups in total. The highest BCUT2D eigenvalue weighted by Gasteiger charge is 2.13. The van der Waals surface area contributed by atoms with Gasteiger partial charge < -0.3 is 24.5 Å². The smallest absolute Gasteiger partial charge is 0.231 e. The number of hydrogen-bond acceptors (Lipinski definition) is 5. The zero-order valence-corrected chi connectivity index (χ0v) is 20.7. The Kier molecular flexibility index (Phi) is 8.78. The molecule has 32 heavy (non-hydrogen) atoms. The average molecular weight is 548 g/mol. The topological polar surface area (TPSA) is 80.9 Å². The number of aryl methyl sites for hydroxylation is 1. The zero-order valence-electron chi connectivity index (χ0n) is 18.4. The van der Waals surface area contributed by atoms with Gasteiger partial charge in [-0.15, -0.1) is 24.0 Å². The molecule has 0 fully saturated rings. The second-order valence-corrected chi connectivity index (χ2v) is 7.39. The normalized spacial score (nSPS) is 12.4. The van der Waals surface area contributed by atoms with Crippen molar-refractivity contribution in [1.82, 2.24) is 15.6 Å². The van der Waals surface area contributed by atoms with Crippen LogP contribution in [0.25, 0.3) is 11.5 Å². The Bertz CT molecular complexity index is 1030. The van der Waals surface area contributed by atoms with Gasteiger partial charge in [0, 0.05) is 31.6 Å². The first-order valence-electron chi connectivity index (χ1n) is 10.6. The molecule has 170 valence electrons. The second-order valence-electron chi connectivity index (χ2n) is 7.39. The van der Waals surface area contributed by atoms with Crippen molar-refractivity contribution in [3.05, 3.63) is 65.5 Å². The fourth-order valence-corrected chi connectivity index (χ4v) is 3.30. The van der Waals surface area contributed by atoms with Crippen molar-refractivity contribution in [3.63, 3.8) is 0 Å². The van der Waals surface area contributed by atoms with E-state index in [1.54, 1.807) is 6.26 Å². The van der Waals surface area contributed by atoms with Crippen molar-refractivity contribution in [3.8, 4) is 23.0 Å². The molecule has 0 amide bonds. The quantitative estimate of drug-likeness (QED) is 0.248. The summed E-state index contributed by atoms with van der Waals surface area (Å²) in [4.78, 5) is 9.24. The Hall–Kier alpha value is -2.75. The first-order chi connectivity index (χ1) is 15.2. The summed E-state index contributed by atoms with van der Waals surface area (Å²) in [6.45, 7) is 6.62. The Morgan fingerprint density at radius 1 is 1.03 bits per heavy atom. The van der Waals surface area contributed by atoms with Crippen molar-refractivity contribution in [2.24, 2.45) is 4.99 Å². The molecule has 4 rings (SSSR count). The Balaban J connectivity index is 0.00000289. The van der Waals surface area contributed by atoms with Crippen molar-refractivity contribution in [2.45, 2.75) is 26.7 Å². The number of halogens is 1. The predicted molar refractivity (Wildman–Crippen MR) is 136 cm³/mol. The van der Waals surface area contributed by atoms with Gasteiger partial charge in [0.2, 0.25) is 12.7 Å². The predicted octanol–water partition coefficient (Wildman–Crippen LogP) is 4.34. The van der Waals surface area contributed by atoms with E-state index < -0.39 is 0 Å². The van der Waals surface area contributed by atoms with Gasteiger partial charge in [-0.05, 0) is 50.1 Å². The molecule has 0 aliphatic carbocycles. The maximum Gasteiger partial charge on any atom is 0.231 e. The van der Waals surface area contributed by atoms with Crippen LogP contribution < -0.4 is 20.1 Å². The number of aliphatic imine (C=N–C) groups is 1. The number of oxazole rings is 1. The van der Waals surface area contributed by atoms with Crippen LogP contribution in [0.15, 0.2) is 58.1 Å². The van der Waals surface area contributed by atoms with Crippen molar-refractivity contribution >= 4 is 29.9 Å². The van der Waals surface area contributed by atoms with Gasteiger partial charge >= 0.3 is 0 Å². The van der Waals surface area contributed by atoms with Crippen LogP contribution in [0.3, 0.4) is 0 Å². The van der Waals surface area contributed by atoms with Gasteiger partial charge in [-0.2, -0.15) is 0 Å². The summed E-state index contributed by atoms with van der Waals surface area (Å²) >= 11 is 0. The van der Waals surface area contributed by atoms with Crippen LogP contribution in [0, 0.1) is 6.92 Å². The van der Waals surface area contributed by atoms with E-state index >= 15 is 0 Å². The molecule has 1 aliphatic heterocycles. The van der Waals surface area contributed by atoms with E-state index in [1.165, 1.54) is 11.1 Å². The largest absolute Gasteiger partial charge is 0.454 e. The van der Waals surface area contributed by atoms with Gasteiger partial charge in [0.25, 0.3) is 0 Å². The molecule has 7 nitrogen and oxygen atoms in total. The third-order valence-corrected chi connectivity index (χ3v) is 4.98. The van der Waals surface area contributed by atoms with Crippen LogP contribution >= 0.6 is 24.0 Å². The van der Waals surface area contributed by atoms with Crippen molar-refractivity contribution in [1.29, 1.82) is 0 Å².